The fourth-order valence-electron chi connectivity index (χ4n) is 4.17. The molecule has 0 spiro atoms. The van der Waals surface area contributed by atoms with E-state index in [4.69, 9.17) is 4.74 Å². The number of hydrogen-bond acceptors (Lipinski definition) is 5. The molecule has 0 bridgehead atoms. The summed E-state index contributed by atoms with van der Waals surface area (Å²) < 4.78 is 5.36. The predicted molar refractivity (Wildman–Crippen MR) is 118 cm³/mol. The van der Waals surface area contributed by atoms with Gasteiger partial charge >= 0.3 is 0 Å². The normalized spacial score (nSPS) is 13.0. The number of para-hydroxylation sites is 2. The number of anilines is 3. The second-order valence-electron chi connectivity index (χ2n) is 7.45. The molecule has 5 heteroatoms. The zero-order valence-corrected chi connectivity index (χ0v) is 17.0. The third kappa shape index (κ3) is 3.53. The summed E-state index contributed by atoms with van der Waals surface area (Å²) in [6.45, 7) is 3.70. The van der Waals surface area contributed by atoms with Crippen molar-refractivity contribution in [3.8, 4) is 5.75 Å². The highest BCUT2D eigenvalue weighted by Crippen LogP contribution is 2.36. The number of nitrogens with zero attached hydrogens (tertiary/aromatic N) is 2. The van der Waals surface area contributed by atoms with Gasteiger partial charge in [0.25, 0.3) is 10.9 Å². The first-order chi connectivity index (χ1) is 14.1. The van der Waals surface area contributed by atoms with Crippen molar-refractivity contribution in [3.63, 3.8) is 0 Å². The van der Waals surface area contributed by atoms with Crippen molar-refractivity contribution in [1.29, 1.82) is 0 Å². The molecule has 0 atom stereocenters. The maximum absolute atomic E-state index is 12.0. The molecule has 0 amide bonds. The van der Waals surface area contributed by atoms with E-state index in [0.717, 1.165) is 25.8 Å². The molecule has 0 saturated carbocycles. The minimum atomic E-state index is -0.510. The zero-order chi connectivity index (χ0) is 20.4. The maximum Gasteiger partial charge on any atom is 0.272 e. The molecule has 4 rings (SSSR count). The van der Waals surface area contributed by atoms with Gasteiger partial charge in [-0.25, -0.2) is 0 Å². The van der Waals surface area contributed by atoms with E-state index in [1.54, 1.807) is 0 Å². The van der Waals surface area contributed by atoms with Crippen LogP contribution in [0.15, 0.2) is 58.1 Å². The van der Waals surface area contributed by atoms with Crippen molar-refractivity contribution in [2.45, 2.75) is 26.2 Å². The summed E-state index contributed by atoms with van der Waals surface area (Å²) in [7, 11) is 1.85. The topological polar surface area (TPSA) is 49.9 Å². The standard InChI is InChI=1S/C24H26N2O3/c1-3-29-24-21(22(27)23(24)28)25(2)15-8-16-26-19-11-6-4-9-17(19)13-14-18-10-5-7-12-20(18)26/h4-7,9-12H,3,8,13-16H2,1-2H3. The average Bonchev–Trinajstić information content (AvgIpc) is 2.90. The van der Waals surface area contributed by atoms with Crippen LogP contribution in [-0.4, -0.2) is 26.7 Å². The molecule has 29 heavy (non-hydrogen) atoms. The smallest absolute Gasteiger partial charge is 0.272 e. The Bertz CT molecular complexity index is 1030. The minimum Gasteiger partial charge on any atom is -0.488 e. The summed E-state index contributed by atoms with van der Waals surface area (Å²) >= 11 is 0. The van der Waals surface area contributed by atoms with Crippen LogP contribution in [0.3, 0.4) is 0 Å². The van der Waals surface area contributed by atoms with Gasteiger partial charge in [-0.2, -0.15) is 0 Å². The molecular formula is C24H26N2O3. The molecule has 0 radical (unpaired) electrons. The lowest BCUT2D eigenvalue weighted by Gasteiger charge is -2.29. The van der Waals surface area contributed by atoms with Crippen molar-refractivity contribution in [3.05, 3.63) is 80.1 Å². The summed E-state index contributed by atoms with van der Waals surface area (Å²) in [6, 6.07) is 17.2. The van der Waals surface area contributed by atoms with Gasteiger partial charge in [0.1, 0.15) is 5.69 Å². The summed E-state index contributed by atoms with van der Waals surface area (Å²) in [6.07, 6.45) is 2.92. The van der Waals surface area contributed by atoms with E-state index in [0.29, 0.717) is 18.8 Å². The van der Waals surface area contributed by atoms with Crippen molar-refractivity contribution in [2.75, 3.05) is 36.5 Å². The van der Waals surface area contributed by atoms with Gasteiger partial charge < -0.3 is 14.5 Å². The van der Waals surface area contributed by atoms with Crippen LogP contribution in [-0.2, 0) is 12.8 Å². The molecule has 1 aliphatic heterocycles. The third-order valence-corrected chi connectivity index (χ3v) is 5.62. The van der Waals surface area contributed by atoms with E-state index in [-0.39, 0.29) is 5.75 Å². The van der Waals surface area contributed by atoms with Crippen molar-refractivity contribution in [2.24, 2.45) is 0 Å². The Morgan fingerprint density at radius 3 is 2.10 bits per heavy atom. The van der Waals surface area contributed by atoms with Gasteiger partial charge in [-0.3, -0.25) is 9.59 Å². The van der Waals surface area contributed by atoms with Crippen LogP contribution < -0.4 is 25.4 Å². The van der Waals surface area contributed by atoms with Gasteiger partial charge in [-0.1, -0.05) is 36.4 Å². The van der Waals surface area contributed by atoms with Gasteiger partial charge in [0.05, 0.1) is 6.61 Å². The van der Waals surface area contributed by atoms with Gasteiger partial charge in [0.15, 0.2) is 5.75 Å². The van der Waals surface area contributed by atoms with Crippen LogP contribution in [0.1, 0.15) is 24.5 Å². The predicted octanol–water partition coefficient (Wildman–Crippen LogP) is 3.44. The molecule has 5 nitrogen and oxygen atoms in total. The third-order valence-electron chi connectivity index (χ3n) is 5.62. The average molecular weight is 390 g/mol. The van der Waals surface area contributed by atoms with E-state index in [1.165, 1.54) is 22.5 Å². The van der Waals surface area contributed by atoms with Crippen LogP contribution in [0.5, 0.6) is 5.75 Å². The van der Waals surface area contributed by atoms with Crippen LogP contribution in [0, 0.1) is 0 Å². The Kier molecular flexibility index (Phi) is 5.38. The second-order valence-corrected chi connectivity index (χ2v) is 7.45. The zero-order valence-electron chi connectivity index (χ0n) is 17.0. The molecule has 3 aromatic carbocycles. The highest BCUT2D eigenvalue weighted by atomic mass is 16.5. The van der Waals surface area contributed by atoms with Crippen LogP contribution >= 0.6 is 0 Å². The highest BCUT2D eigenvalue weighted by Gasteiger charge is 2.26. The number of fused-ring (bicyclic) bond motifs is 2. The fourth-order valence-corrected chi connectivity index (χ4v) is 4.17. The van der Waals surface area contributed by atoms with E-state index >= 15 is 0 Å². The first kappa shape index (κ1) is 19.2. The van der Waals surface area contributed by atoms with Crippen molar-refractivity contribution < 1.29 is 4.74 Å². The molecule has 0 saturated heterocycles. The summed E-state index contributed by atoms with van der Waals surface area (Å²) in [5, 5.41) is 0. The molecule has 0 aromatic heterocycles. The van der Waals surface area contributed by atoms with Crippen molar-refractivity contribution >= 4 is 17.1 Å². The lowest BCUT2D eigenvalue weighted by molar-refractivity contribution is 0.333. The molecule has 1 heterocycles. The number of benzene rings is 2. The largest absolute Gasteiger partial charge is 0.488 e. The molecule has 150 valence electrons. The molecular weight excluding hydrogens is 364 g/mol. The van der Waals surface area contributed by atoms with Crippen LogP contribution in [0.25, 0.3) is 0 Å². The lowest BCUT2D eigenvalue weighted by Crippen LogP contribution is -2.40. The highest BCUT2D eigenvalue weighted by molar-refractivity contribution is 5.71. The first-order valence-electron chi connectivity index (χ1n) is 10.2. The Labute approximate surface area is 170 Å². The monoisotopic (exact) mass is 390 g/mol. The number of hydrogen-bond donors (Lipinski definition) is 0. The van der Waals surface area contributed by atoms with Crippen LogP contribution in [0.2, 0.25) is 0 Å². The fraction of sp³-hybridized carbons (Fsp3) is 0.333. The number of rotatable bonds is 7. The summed E-state index contributed by atoms with van der Waals surface area (Å²) in [5.74, 6) is 0.213. The summed E-state index contributed by atoms with van der Waals surface area (Å²) in [5.41, 5.74) is 4.68. The van der Waals surface area contributed by atoms with Gasteiger partial charge in [-0.05, 0) is 49.4 Å². The minimum absolute atomic E-state index is 0.213. The quantitative estimate of drug-likeness (QED) is 0.579. The Balaban J connectivity index is 1.52. The second kappa shape index (κ2) is 8.11. The molecule has 0 aliphatic carbocycles. The Morgan fingerprint density at radius 1 is 0.931 bits per heavy atom. The van der Waals surface area contributed by atoms with Gasteiger partial charge in [-0.15, -0.1) is 0 Å². The lowest BCUT2D eigenvalue weighted by atomic mass is 10.0. The van der Waals surface area contributed by atoms with Gasteiger partial charge in [0.2, 0.25) is 0 Å². The van der Waals surface area contributed by atoms with E-state index in [1.807, 2.05) is 18.9 Å². The van der Waals surface area contributed by atoms with E-state index in [2.05, 4.69) is 53.4 Å². The van der Waals surface area contributed by atoms with Crippen molar-refractivity contribution in [1.82, 2.24) is 0 Å². The SMILES string of the molecule is CCOc1c(N(C)CCCN2c3ccccc3CCc3ccccc32)c(=O)c1=O. The molecule has 3 aromatic rings. The Morgan fingerprint density at radius 2 is 1.52 bits per heavy atom. The van der Waals surface area contributed by atoms with Crippen LogP contribution in [0.4, 0.5) is 17.1 Å². The number of ether oxygens (including phenoxy) is 1. The molecule has 0 unspecified atom stereocenters. The maximum atomic E-state index is 12.0. The van der Waals surface area contributed by atoms with Gasteiger partial charge in [0, 0.05) is 31.5 Å². The van der Waals surface area contributed by atoms with E-state index in [9.17, 15) is 9.59 Å². The molecule has 0 N–H and O–H groups in total. The first-order valence-corrected chi connectivity index (χ1v) is 10.2. The Hall–Kier alpha value is -3.08. The molecule has 1 aliphatic rings. The van der Waals surface area contributed by atoms with E-state index < -0.39 is 10.9 Å². The number of aryl methyl sites for hydroxylation is 2. The molecule has 0 fully saturated rings. The summed E-state index contributed by atoms with van der Waals surface area (Å²) in [4.78, 5) is 28.0.